The lowest BCUT2D eigenvalue weighted by atomic mass is 9.93. The summed E-state index contributed by atoms with van der Waals surface area (Å²) < 4.78 is 25.6. The van der Waals surface area contributed by atoms with Crippen LogP contribution in [0, 0.1) is 13.8 Å². The minimum Gasteiger partial charge on any atom is -0.508 e. The van der Waals surface area contributed by atoms with E-state index in [-0.39, 0.29) is 29.9 Å². The molecule has 3 aromatic rings. The maximum Gasteiger partial charge on any atom is 0.245 e. The minimum absolute atomic E-state index is 0.00946. The Morgan fingerprint density at radius 3 is 2.53 bits per heavy atom. The predicted molar refractivity (Wildman–Crippen MR) is 146 cm³/mol. The van der Waals surface area contributed by atoms with Crippen molar-refractivity contribution in [3.05, 3.63) is 93.0 Å². The van der Waals surface area contributed by atoms with Crippen molar-refractivity contribution in [1.29, 1.82) is 0 Å². The summed E-state index contributed by atoms with van der Waals surface area (Å²) in [5.74, 6) is 1.59. The zero-order valence-corrected chi connectivity index (χ0v) is 23.0. The number of hydrogen-bond donors (Lipinski definition) is 1. The van der Waals surface area contributed by atoms with Crippen LogP contribution in [-0.4, -0.2) is 23.2 Å². The molecule has 4 nitrogen and oxygen atoms in total. The molecule has 0 amide bonds. The molecule has 2 unspecified atom stereocenters. The number of fused-ring (bicyclic) bond motifs is 1. The first-order chi connectivity index (χ1) is 17.1. The first-order valence-corrected chi connectivity index (χ1v) is 15.0. The largest absolute Gasteiger partial charge is 0.508 e. The first kappa shape index (κ1) is 25.4. The van der Waals surface area contributed by atoms with Crippen LogP contribution in [0.3, 0.4) is 0 Å². The maximum absolute atomic E-state index is 13.5. The molecule has 3 aromatic carbocycles. The van der Waals surface area contributed by atoms with Gasteiger partial charge in [0.25, 0.3) is 0 Å². The number of halogens is 1. The highest BCUT2D eigenvalue weighted by molar-refractivity contribution is 7.61. The van der Waals surface area contributed by atoms with E-state index in [1.807, 2.05) is 36.4 Å². The number of phenolic OH excluding ortho intramolecular Hbond substituents is 1. The normalized spacial score (nSPS) is 25.0. The fraction of sp³-hybridized carbons (Fsp3) is 0.400. The summed E-state index contributed by atoms with van der Waals surface area (Å²) in [4.78, 5) is 0. The molecular weight excluding hydrogens is 491 g/mol. The third-order valence-corrected chi connectivity index (χ3v) is 10.7. The Morgan fingerprint density at radius 1 is 1.08 bits per heavy atom. The number of benzene rings is 3. The maximum atomic E-state index is 13.5. The summed E-state index contributed by atoms with van der Waals surface area (Å²) in [5.41, 5.74) is 6.88. The molecule has 1 N–H and O–H groups in total. The molecule has 0 bridgehead atoms. The second-order valence-electron chi connectivity index (χ2n) is 10.6. The number of aryl methyl sites for hydroxylation is 2. The number of phenols is 1. The molecule has 6 heteroatoms. The Hall–Kier alpha value is -2.26. The molecule has 1 saturated heterocycles. The third kappa shape index (κ3) is 4.84. The van der Waals surface area contributed by atoms with Gasteiger partial charge in [-0.15, -0.1) is 0 Å². The van der Waals surface area contributed by atoms with E-state index in [4.69, 9.17) is 20.9 Å². The fourth-order valence-electron chi connectivity index (χ4n) is 5.81. The van der Waals surface area contributed by atoms with Crippen LogP contribution < -0.4 is 4.74 Å². The Labute approximate surface area is 219 Å². The van der Waals surface area contributed by atoms with Gasteiger partial charge in [0.1, 0.15) is 11.5 Å². The van der Waals surface area contributed by atoms with Gasteiger partial charge in [-0.2, -0.15) is 0 Å². The van der Waals surface area contributed by atoms with E-state index in [0.29, 0.717) is 5.75 Å². The van der Waals surface area contributed by atoms with Gasteiger partial charge in [0.2, 0.25) is 7.37 Å². The van der Waals surface area contributed by atoms with E-state index in [1.165, 1.54) is 11.1 Å². The highest BCUT2D eigenvalue weighted by Crippen LogP contribution is 2.70. The van der Waals surface area contributed by atoms with Gasteiger partial charge in [-0.05, 0) is 103 Å². The SMILES string of the molecule is Cc1cc(OC[P@]2(=O)OC3C2CC[C@H]3c2cccc(Cl)c2)cc(C)c1Cc1ccc(O)c(C(C)C)c1. The van der Waals surface area contributed by atoms with Gasteiger partial charge in [-0.25, -0.2) is 0 Å². The van der Waals surface area contributed by atoms with Crippen LogP contribution >= 0.6 is 19.0 Å². The molecule has 1 aliphatic carbocycles. The summed E-state index contributed by atoms with van der Waals surface area (Å²) >= 11 is 6.18. The molecule has 36 heavy (non-hydrogen) atoms. The molecular formula is C30H34ClO4P. The lowest BCUT2D eigenvalue weighted by molar-refractivity contribution is 0.123. The lowest BCUT2D eigenvalue weighted by Gasteiger charge is -2.42. The smallest absolute Gasteiger partial charge is 0.245 e. The first-order valence-electron chi connectivity index (χ1n) is 12.7. The van der Waals surface area contributed by atoms with E-state index in [0.717, 1.165) is 52.3 Å². The summed E-state index contributed by atoms with van der Waals surface area (Å²) in [5, 5.41) is 10.9. The zero-order valence-electron chi connectivity index (χ0n) is 21.3. The van der Waals surface area contributed by atoms with Crippen molar-refractivity contribution in [2.24, 2.45) is 0 Å². The highest BCUT2D eigenvalue weighted by atomic mass is 35.5. The highest BCUT2D eigenvalue weighted by Gasteiger charge is 2.59. The van der Waals surface area contributed by atoms with Gasteiger partial charge in [-0.1, -0.05) is 49.7 Å². The molecule has 0 aromatic heterocycles. The molecule has 5 rings (SSSR count). The van der Waals surface area contributed by atoms with Crippen LogP contribution in [0.15, 0.2) is 54.6 Å². The summed E-state index contributed by atoms with van der Waals surface area (Å²) in [6.07, 6.45) is 2.75. The van der Waals surface area contributed by atoms with Crippen LogP contribution in [-0.2, 0) is 15.5 Å². The predicted octanol–water partition coefficient (Wildman–Crippen LogP) is 8.34. The van der Waals surface area contributed by atoms with Gasteiger partial charge >= 0.3 is 0 Å². The number of ether oxygens (including phenoxy) is 1. The quantitative estimate of drug-likeness (QED) is 0.315. The monoisotopic (exact) mass is 524 g/mol. The molecule has 1 saturated carbocycles. The Morgan fingerprint density at radius 2 is 1.83 bits per heavy atom. The zero-order chi connectivity index (χ0) is 25.6. The van der Waals surface area contributed by atoms with Crippen molar-refractivity contribution < 1.29 is 18.9 Å². The van der Waals surface area contributed by atoms with E-state index in [9.17, 15) is 9.67 Å². The summed E-state index contributed by atoms with van der Waals surface area (Å²) in [7, 11) is -2.83. The van der Waals surface area contributed by atoms with Crippen molar-refractivity contribution in [1.82, 2.24) is 0 Å². The molecule has 1 heterocycles. The second-order valence-corrected chi connectivity index (χ2v) is 13.7. The van der Waals surface area contributed by atoms with E-state index < -0.39 is 7.37 Å². The lowest BCUT2D eigenvalue weighted by Crippen LogP contribution is -2.39. The standard InChI is InChI=1S/C30H34ClO4P/c1-18(2)26-14-21(8-10-28(26)32)15-27-19(3)12-24(13-20(27)4)34-17-36(33)29-11-9-25(30(29)35-36)22-6-5-7-23(31)16-22/h5-8,10,12-14,16,18,25,29-30,32H,9,11,15,17H2,1-4H3/t25-,29?,30?,36-/m0/s1. The molecule has 190 valence electrons. The van der Waals surface area contributed by atoms with Gasteiger partial charge in [-0.3, -0.25) is 4.57 Å². The topological polar surface area (TPSA) is 55.8 Å². The van der Waals surface area contributed by atoms with Crippen molar-refractivity contribution in [3.8, 4) is 11.5 Å². The van der Waals surface area contributed by atoms with Crippen LogP contribution in [0.4, 0.5) is 0 Å². The van der Waals surface area contributed by atoms with E-state index in [2.05, 4.69) is 39.8 Å². The fourth-order valence-corrected chi connectivity index (χ4v) is 8.53. The van der Waals surface area contributed by atoms with Crippen molar-refractivity contribution in [3.63, 3.8) is 0 Å². The minimum atomic E-state index is -2.83. The van der Waals surface area contributed by atoms with Gasteiger partial charge in [0.05, 0.1) is 11.8 Å². The average Bonchev–Trinajstić information content (AvgIpc) is 3.19. The van der Waals surface area contributed by atoms with Gasteiger partial charge < -0.3 is 14.4 Å². The molecule has 1 aliphatic heterocycles. The summed E-state index contributed by atoms with van der Waals surface area (Å²) in [6.45, 7) is 8.35. The molecule has 2 aliphatic rings. The number of rotatable bonds is 7. The van der Waals surface area contributed by atoms with Crippen molar-refractivity contribution in [2.75, 3.05) is 6.35 Å². The average molecular weight is 525 g/mol. The van der Waals surface area contributed by atoms with Crippen LogP contribution in [0.1, 0.15) is 71.9 Å². The Kier molecular flexibility index (Phi) is 6.98. The van der Waals surface area contributed by atoms with E-state index in [1.54, 1.807) is 6.07 Å². The van der Waals surface area contributed by atoms with Crippen molar-refractivity contribution >= 4 is 19.0 Å². The van der Waals surface area contributed by atoms with Crippen molar-refractivity contribution in [2.45, 2.75) is 70.6 Å². The molecule has 0 radical (unpaired) electrons. The molecule has 2 fully saturated rings. The third-order valence-electron chi connectivity index (χ3n) is 7.81. The second kappa shape index (κ2) is 9.89. The van der Waals surface area contributed by atoms with Crippen LogP contribution in [0.2, 0.25) is 5.02 Å². The Balaban J connectivity index is 1.25. The van der Waals surface area contributed by atoms with Gasteiger partial charge in [0.15, 0.2) is 6.35 Å². The number of hydrogen-bond acceptors (Lipinski definition) is 4. The van der Waals surface area contributed by atoms with Crippen LogP contribution in [0.5, 0.6) is 11.5 Å². The molecule has 4 atom stereocenters. The summed E-state index contributed by atoms with van der Waals surface area (Å²) in [6, 6.07) is 17.8. The van der Waals surface area contributed by atoms with Gasteiger partial charge in [0, 0.05) is 10.9 Å². The van der Waals surface area contributed by atoms with E-state index >= 15 is 0 Å². The Bertz CT molecular complexity index is 1310. The van der Waals surface area contributed by atoms with Crippen LogP contribution in [0.25, 0.3) is 0 Å². The molecule has 0 spiro atoms. The number of aromatic hydroxyl groups is 1.